The maximum absolute atomic E-state index is 10.5. The minimum atomic E-state index is -1.07. The van der Waals surface area contributed by atoms with Crippen molar-refractivity contribution < 1.29 is 19.5 Å². The lowest BCUT2D eigenvalue weighted by atomic mass is 10.2. The predicted octanol–water partition coefficient (Wildman–Crippen LogP) is -1.90. The van der Waals surface area contributed by atoms with Crippen LogP contribution in [0.5, 0.6) is 0 Å². The zero-order valence-corrected chi connectivity index (χ0v) is 11.1. The summed E-state index contributed by atoms with van der Waals surface area (Å²) in [5.74, 6) is -1.74. The fraction of sp³-hybridized carbons (Fsp3) is 0.727. The van der Waals surface area contributed by atoms with Crippen LogP contribution in [0.25, 0.3) is 0 Å². The number of nitrogens with one attached hydrogen (secondary N) is 1. The van der Waals surface area contributed by atoms with Gasteiger partial charge in [0, 0.05) is 7.05 Å². The molecule has 0 bridgehead atoms. The van der Waals surface area contributed by atoms with E-state index >= 15 is 0 Å². The predicted molar refractivity (Wildman–Crippen MR) is 69.2 cm³/mol. The number of amides is 2. The Morgan fingerprint density at radius 3 is 2.21 bits per heavy atom. The zero-order chi connectivity index (χ0) is 14.8. The summed E-state index contributed by atoms with van der Waals surface area (Å²) < 4.78 is 0. The minimum Gasteiger partial charge on any atom is -0.481 e. The minimum absolute atomic E-state index is 0.211. The lowest BCUT2D eigenvalue weighted by Gasteiger charge is -2.09. The Kier molecular flexibility index (Phi) is 8.47. The third-order valence-corrected chi connectivity index (χ3v) is 2.56. The molecule has 1 rings (SSSR count). The van der Waals surface area contributed by atoms with Crippen LogP contribution >= 0.6 is 0 Å². The Morgan fingerprint density at radius 2 is 1.84 bits per heavy atom. The van der Waals surface area contributed by atoms with Crippen LogP contribution in [0.1, 0.15) is 19.3 Å². The second-order valence-corrected chi connectivity index (χ2v) is 4.27. The highest BCUT2D eigenvalue weighted by atomic mass is 16.4. The maximum atomic E-state index is 10.5. The number of hydrogen-bond acceptors (Lipinski definition) is 5. The fourth-order valence-electron chi connectivity index (χ4n) is 1.63. The highest BCUT2D eigenvalue weighted by Gasteiger charge is 2.14. The maximum Gasteiger partial charge on any atom is 0.305 e. The van der Waals surface area contributed by atoms with E-state index in [0.29, 0.717) is 6.54 Å². The monoisotopic (exact) mass is 274 g/mol. The molecule has 0 aromatic heterocycles. The molecule has 19 heavy (non-hydrogen) atoms. The van der Waals surface area contributed by atoms with Crippen LogP contribution in [0, 0.1) is 0 Å². The summed E-state index contributed by atoms with van der Waals surface area (Å²) in [5, 5.41) is 10.4. The van der Waals surface area contributed by atoms with Gasteiger partial charge in [-0.05, 0) is 25.9 Å². The largest absolute Gasteiger partial charge is 0.481 e. The Hall–Kier alpha value is -1.67. The molecule has 2 amide bonds. The molecule has 0 radical (unpaired) electrons. The first-order valence-corrected chi connectivity index (χ1v) is 6.06. The lowest BCUT2D eigenvalue weighted by Crippen LogP contribution is -2.40. The summed E-state index contributed by atoms with van der Waals surface area (Å²) in [4.78, 5) is 32.9. The van der Waals surface area contributed by atoms with Gasteiger partial charge in [-0.2, -0.15) is 0 Å². The number of likely N-dealkylation sites (tertiary alicyclic amines) is 1. The van der Waals surface area contributed by atoms with Crippen molar-refractivity contribution in [2.75, 3.05) is 26.7 Å². The molecule has 1 aliphatic rings. The van der Waals surface area contributed by atoms with Crippen LogP contribution in [-0.4, -0.2) is 60.5 Å². The topological polar surface area (TPSA) is 139 Å². The molecule has 0 spiro atoms. The van der Waals surface area contributed by atoms with E-state index in [1.807, 2.05) is 0 Å². The summed E-state index contributed by atoms with van der Waals surface area (Å²) >= 11 is 0. The van der Waals surface area contributed by atoms with E-state index in [1.165, 1.54) is 19.9 Å². The van der Waals surface area contributed by atoms with E-state index in [1.54, 1.807) is 0 Å². The summed E-state index contributed by atoms with van der Waals surface area (Å²) in [6, 6.07) is -0.942. The summed E-state index contributed by atoms with van der Waals surface area (Å²) in [7, 11) is 1.41. The molecular weight excluding hydrogens is 252 g/mol. The number of hydrogen-bond donors (Lipinski definition) is 4. The second-order valence-electron chi connectivity index (χ2n) is 4.27. The molecule has 6 N–H and O–H groups in total. The first-order valence-electron chi connectivity index (χ1n) is 6.06. The molecule has 0 aromatic carbocycles. The summed E-state index contributed by atoms with van der Waals surface area (Å²) in [6.07, 6.45) is 2.10. The van der Waals surface area contributed by atoms with Gasteiger partial charge in [-0.15, -0.1) is 0 Å². The van der Waals surface area contributed by atoms with Crippen molar-refractivity contribution in [3.8, 4) is 0 Å². The van der Waals surface area contributed by atoms with Gasteiger partial charge in [0.25, 0.3) is 0 Å². The van der Waals surface area contributed by atoms with Crippen molar-refractivity contribution in [1.82, 2.24) is 10.2 Å². The Morgan fingerprint density at radius 1 is 1.32 bits per heavy atom. The molecular formula is C11H22N4O4. The van der Waals surface area contributed by atoms with Crippen LogP contribution < -0.4 is 16.8 Å². The normalized spacial score (nSPS) is 16.1. The first-order chi connectivity index (χ1) is 8.86. The Labute approximate surface area is 112 Å². The molecule has 0 aliphatic carbocycles. The average molecular weight is 274 g/mol. The quantitative estimate of drug-likeness (QED) is 0.462. The van der Waals surface area contributed by atoms with Gasteiger partial charge in [-0.1, -0.05) is 0 Å². The van der Waals surface area contributed by atoms with E-state index in [9.17, 15) is 14.4 Å². The van der Waals surface area contributed by atoms with E-state index in [-0.39, 0.29) is 12.3 Å². The lowest BCUT2D eigenvalue weighted by molar-refractivity contribution is -0.139. The van der Waals surface area contributed by atoms with E-state index in [2.05, 4.69) is 10.2 Å². The third kappa shape index (κ3) is 8.97. The molecule has 1 aliphatic heterocycles. The van der Waals surface area contributed by atoms with Crippen molar-refractivity contribution in [3.63, 3.8) is 0 Å². The number of carbonyl (C=O) groups is 3. The number of rotatable bonds is 5. The van der Waals surface area contributed by atoms with Crippen molar-refractivity contribution in [2.24, 2.45) is 11.5 Å². The van der Waals surface area contributed by atoms with Gasteiger partial charge in [0.15, 0.2) is 0 Å². The molecule has 0 aromatic rings. The number of primary amides is 1. The molecule has 1 atom stereocenters. The molecule has 0 saturated carbocycles. The molecule has 0 unspecified atom stereocenters. The van der Waals surface area contributed by atoms with E-state index < -0.39 is 17.9 Å². The van der Waals surface area contributed by atoms with Crippen molar-refractivity contribution >= 4 is 17.8 Å². The van der Waals surface area contributed by atoms with Crippen LogP contribution in [0.2, 0.25) is 0 Å². The molecule has 1 heterocycles. The Bertz CT molecular complexity index is 316. The number of carboxylic acids is 1. The van der Waals surface area contributed by atoms with Crippen LogP contribution in [0.4, 0.5) is 0 Å². The van der Waals surface area contributed by atoms with Crippen molar-refractivity contribution in [3.05, 3.63) is 0 Å². The average Bonchev–Trinajstić information content (AvgIpc) is 2.79. The van der Waals surface area contributed by atoms with E-state index in [4.69, 9.17) is 16.6 Å². The number of aliphatic carboxylic acids is 1. The van der Waals surface area contributed by atoms with Crippen LogP contribution in [0.3, 0.4) is 0 Å². The van der Waals surface area contributed by atoms with Gasteiger partial charge < -0.3 is 21.9 Å². The van der Waals surface area contributed by atoms with Gasteiger partial charge in [0.1, 0.15) is 0 Å². The van der Waals surface area contributed by atoms with Crippen LogP contribution in [-0.2, 0) is 14.4 Å². The molecule has 8 heteroatoms. The van der Waals surface area contributed by atoms with E-state index in [0.717, 1.165) is 13.1 Å². The molecule has 110 valence electrons. The highest BCUT2D eigenvalue weighted by molar-refractivity contribution is 5.85. The number of carbonyl (C=O) groups excluding carboxylic acids is 2. The SMILES string of the molecule is CNC(=O)[C@@H](N)CC(=O)O.NC(=O)CN1CCCC1. The smallest absolute Gasteiger partial charge is 0.305 e. The zero-order valence-electron chi connectivity index (χ0n) is 11.1. The van der Waals surface area contributed by atoms with Crippen molar-refractivity contribution in [1.29, 1.82) is 0 Å². The first kappa shape index (κ1) is 17.3. The van der Waals surface area contributed by atoms with Gasteiger partial charge >= 0.3 is 5.97 Å². The standard InChI is InChI=1S/C6H12N2O.C5H10N2O3/c7-6(9)5-8-3-1-2-4-8;1-7-5(10)3(6)2-4(8)9/h1-5H2,(H2,7,9);3H,2,6H2,1H3,(H,7,10)(H,8,9)/t;3-/m.0/s1. The summed E-state index contributed by atoms with van der Waals surface area (Å²) in [5.41, 5.74) is 10.1. The molecule has 1 saturated heterocycles. The fourth-order valence-corrected chi connectivity index (χ4v) is 1.63. The third-order valence-electron chi connectivity index (χ3n) is 2.56. The van der Waals surface area contributed by atoms with Gasteiger partial charge in [-0.3, -0.25) is 19.3 Å². The number of nitrogens with two attached hydrogens (primary N) is 2. The number of likely N-dealkylation sites (N-methyl/N-ethyl adjacent to an activating group) is 1. The van der Waals surface area contributed by atoms with Crippen molar-refractivity contribution in [2.45, 2.75) is 25.3 Å². The highest BCUT2D eigenvalue weighted by Crippen LogP contribution is 2.05. The number of nitrogens with zero attached hydrogens (tertiary/aromatic N) is 1. The second kappa shape index (κ2) is 9.29. The number of carboxylic acid groups (broad SMARTS) is 1. The molecule has 1 fully saturated rings. The Balaban J connectivity index is 0.000000342. The van der Waals surface area contributed by atoms with Gasteiger partial charge in [0.2, 0.25) is 11.8 Å². The van der Waals surface area contributed by atoms with Crippen LogP contribution in [0.15, 0.2) is 0 Å². The molecule has 8 nitrogen and oxygen atoms in total. The van der Waals surface area contributed by atoms with Gasteiger partial charge in [-0.25, -0.2) is 0 Å². The van der Waals surface area contributed by atoms with Gasteiger partial charge in [0.05, 0.1) is 19.0 Å². The summed E-state index contributed by atoms with van der Waals surface area (Å²) in [6.45, 7) is 2.53.